The molecular weight excluding hydrogens is 430 g/mol. The highest BCUT2D eigenvalue weighted by molar-refractivity contribution is 5.98. The summed E-state index contributed by atoms with van der Waals surface area (Å²) < 4.78 is 0. The lowest BCUT2D eigenvalue weighted by atomic mass is 9.90. The van der Waals surface area contributed by atoms with Crippen LogP contribution in [0.1, 0.15) is 49.3 Å². The third-order valence-electron chi connectivity index (χ3n) is 6.85. The Hall–Kier alpha value is -3.35. The maximum absolute atomic E-state index is 13.5. The molecule has 1 fully saturated rings. The number of amides is 3. The van der Waals surface area contributed by atoms with E-state index >= 15 is 0 Å². The van der Waals surface area contributed by atoms with E-state index in [1.807, 2.05) is 36.4 Å². The highest BCUT2D eigenvalue weighted by Gasteiger charge is 2.45. The summed E-state index contributed by atoms with van der Waals surface area (Å²) in [6.45, 7) is 2.91. The van der Waals surface area contributed by atoms with Crippen LogP contribution in [-0.2, 0) is 33.8 Å². The Morgan fingerprint density at radius 2 is 1.79 bits per heavy atom. The van der Waals surface area contributed by atoms with Gasteiger partial charge in [0.05, 0.1) is 0 Å². The molecule has 1 unspecified atom stereocenters. The number of aromatic hydroxyl groups is 1. The van der Waals surface area contributed by atoms with Crippen LogP contribution >= 0.6 is 0 Å². The lowest BCUT2D eigenvalue weighted by Gasteiger charge is -2.45. The Morgan fingerprint density at radius 3 is 2.53 bits per heavy atom. The number of rotatable bonds is 9. The maximum atomic E-state index is 13.5. The molecule has 180 valence electrons. The second kappa shape index (κ2) is 10.7. The molecule has 2 atom stereocenters. The van der Waals surface area contributed by atoms with Crippen LogP contribution in [0.5, 0.6) is 5.75 Å². The van der Waals surface area contributed by atoms with Crippen LogP contribution in [0.3, 0.4) is 0 Å². The van der Waals surface area contributed by atoms with Crippen LogP contribution in [0, 0.1) is 0 Å². The lowest BCUT2D eigenvalue weighted by Crippen LogP contribution is -2.65. The van der Waals surface area contributed by atoms with Gasteiger partial charge in [0, 0.05) is 19.5 Å². The first-order valence-electron chi connectivity index (χ1n) is 12.2. The largest absolute Gasteiger partial charge is 0.508 e. The van der Waals surface area contributed by atoms with Gasteiger partial charge in [-0.2, -0.15) is 0 Å². The average molecular weight is 464 g/mol. The van der Waals surface area contributed by atoms with E-state index in [1.165, 1.54) is 4.90 Å². The molecule has 2 N–H and O–H groups in total. The number of piperazine rings is 1. The van der Waals surface area contributed by atoms with Gasteiger partial charge in [-0.05, 0) is 41.7 Å². The van der Waals surface area contributed by atoms with Crippen LogP contribution in [0.15, 0.2) is 48.5 Å². The van der Waals surface area contributed by atoms with E-state index in [-0.39, 0.29) is 30.0 Å². The maximum Gasteiger partial charge on any atom is 0.246 e. The molecule has 0 radical (unpaired) electrons. The van der Waals surface area contributed by atoms with Crippen LogP contribution in [0.4, 0.5) is 0 Å². The Labute approximate surface area is 200 Å². The van der Waals surface area contributed by atoms with E-state index < -0.39 is 12.1 Å². The Kier molecular flexibility index (Phi) is 7.50. The van der Waals surface area contributed by atoms with Crippen molar-refractivity contribution in [1.82, 2.24) is 15.1 Å². The number of nitrogens with one attached hydrogen (secondary N) is 1. The number of fused-ring (bicyclic) bond motifs is 2. The second-order valence-electron chi connectivity index (χ2n) is 9.20. The fourth-order valence-corrected chi connectivity index (χ4v) is 4.90. The standard InChI is InChI=1S/C27H33N3O4/c1-2-3-4-9-23(26(33)28-15-14-19-10-12-22(31)13-11-19)30-18-25(32)29-17-21-8-6-5-7-20(21)16-24(29)27(30)34/h5-8,10-13,23-24,31H,2-4,9,14-18H2,1H3,(H,28,33)/t23?,24-/m0/s1. The normalized spacial score (nSPS) is 18.3. The van der Waals surface area contributed by atoms with Crippen molar-refractivity contribution in [2.24, 2.45) is 0 Å². The van der Waals surface area contributed by atoms with Gasteiger partial charge in [0.15, 0.2) is 0 Å². The van der Waals surface area contributed by atoms with Crippen molar-refractivity contribution in [3.8, 4) is 5.75 Å². The number of benzene rings is 2. The molecule has 0 aliphatic carbocycles. The summed E-state index contributed by atoms with van der Waals surface area (Å²) in [6, 6.07) is 13.6. The molecule has 34 heavy (non-hydrogen) atoms. The molecule has 0 spiro atoms. The fourth-order valence-electron chi connectivity index (χ4n) is 4.90. The third-order valence-corrected chi connectivity index (χ3v) is 6.85. The van der Waals surface area contributed by atoms with Crippen molar-refractivity contribution < 1.29 is 19.5 Å². The van der Waals surface area contributed by atoms with Gasteiger partial charge in [-0.1, -0.05) is 62.6 Å². The van der Waals surface area contributed by atoms with Crippen LogP contribution < -0.4 is 5.32 Å². The Balaban J connectivity index is 1.46. The molecule has 2 aliphatic heterocycles. The molecule has 2 aromatic carbocycles. The zero-order valence-corrected chi connectivity index (χ0v) is 19.7. The predicted molar refractivity (Wildman–Crippen MR) is 129 cm³/mol. The molecule has 0 bridgehead atoms. The topological polar surface area (TPSA) is 89.9 Å². The molecule has 0 saturated carbocycles. The van der Waals surface area contributed by atoms with E-state index in [9.17, 15) is 19.5 Å². The number of hydrogen-bond acceptors (Lipinski definition) is 4. The van der Waals surface area contributed by atoms with Crippen molar-refractivity contribution in [2.75, 3.05) is 13.1 Å². The Morgan fingerprint density at radius 1 is 1.06 bits per heavy atom. The average Bonchev–Trinajstić information content (AvgIpc) is 2.84. The molecule has 3 amide bonds. The summed E-state index contributed by atoms with van der Waals surface area (Å²) in [5.41, 5.74) is 3.17. The summed E-state index contributed by atoms with van der Waals surface area (Å²) in [5, 5.41) is 12.4. The molecule has 7 heteroatoms. The van der Waals surface area contributed by atoms with E-state index in [2.05, 4.69) is 12.2 Å². The first kappa shape index (κ1) is 23.8. The molecule has 2 aromatic rings. The molecule has 1 saturated heterocycles. The quantitative estimate of drug-likeness (QED) is 0.560. The van der Waals surface area contributed by atoms with E-state index in [0.717, 1.165) is 36.0 Å². The monoisotopic (exact) mass is 463 g/mol. The summed E-state index contributed by atoms with van der Waals surface area (Å²) in [5.74, 6) is -0.238. The molecule has 2 aliphatic rings. The lowest BCUT2D eigenvalue weighted by molar-refractivity contribution is -0.161. The molecule has 2 heterocycles. The van der Waals surface area contributed by atoms with Crippen LogP contribution in [0.2, 0.25) is 0 Å². The van der Waals surface area contributed by atoms with Gasteiger partial charge in [-0.15, -0.1) is 0 Å². The highest BCUT2D eigenvalue weighted by atomic mass is 16.3. The number of carbonyl (C=O) groups is 3. The van der Waals surface area contributed by atoms with Crippen molar-refractivity contribution in [3.63, 3.8) is 0 Å². The van der Waals surface area contributed by atoms with Gasteiger partial charge < -0.3 is 20.2 Å². The zero-order chi connectivity index (χ0) is 24.1. The Bertz CT molecular complexity index is 1040. The number of nitrogens with zero attached hydrogens (tertiary/aromatic N) is 2. The molecule has 0 aromatic heterocycles. The van der Waals surface area contributed by atoms with Gasteiger partial charge in [-0.25, -0.2) is 0 Å². The SMILES string of the molecule is CCCCCC(C(=O)NCCc1ccc(O)cc1)N1CC(=O)N2Cc3ccccc3C[C@H]2C1=O. The minimum Gasteiger partial charge on any atom is -0.508 e. The molecule has 7 nitrogen and oxygen atoms in total. The summed E-state index contributed by atoms with van der Waals surface area (Å²) >= 11 is 0. The van der Waals surface area contributed by atoms with E-state index in [0.29, 0.717) is 32.4 Å². The second-order valence-corrected chi connectivity index (χ2v) is 9.20. The third kappa shape index (κ3) is 5.24. The van der Waals surface area contributed by atoms with E-state index in [1.54, 1.807) is 17.0 Å². The van der Waals surface area contributed by atoms with Crippen molar-refractivity contribution >= 4 is 17.7 Å². The fraction of sp³-hybridized carbons (Fsp3) is 0.444. The van der Waals surface area contributed by atoms with Gasteiger partial charge in [-0.3, -0.25) is 14.4 Å². The first-order valence-corrected chi connectivity index (χ1v) is 12.2. The van der Waals surface area contributed by atoms with Gasteiger partial charge >= 0.3 is 0 Å². The number of carbonyl (C=O) groups excluding carboxylic acids is 3. The van der Waals surface area contributed by atoms with Crippen molar-refractivity contribution in [2.45, 2.75) is 64.1 Å². The first-order chi connectivity index (χ1) is 16.5. The van der Waals surface area contributed by atoms with Gasteiger partial charge in [0.25, 0.3) is 0 Å². The zero-order valence-electron chi connectivity index (χ0n) is 19.7. The predicted octanol–water partition coefficient (Wildman–Crippen LogP) is 2.80. The number of hydrogen-bond donors (Lipinski definition) is 2. The summed E-state index contributed by atoms with van der Waals surface area (Å²) in [6.07, 6.45) is 4.45. The van der Waals surface area contributed by atoms with Gasteiger partial charge in [0.2, 0.25) is 17.7 Å². The summed E-state index contributed by atoms with van der Waals surface area (Å²) in [4.78, 5) is 43.0. The summed E-state index contributed by atoms with van der Waals surface area (Å²) in [7, 11) is 0. The number of phenols is 1. The molecule has 4 rings (SSSR count). The minimum atomic E-state index is -0.651. The van der Waals surface area contributed by atoms with E-state index in [4.69, 9.17) is 0 Å². The number of phenolic OH excluding ortho intramolecular Hbond substituents is 1. The van der Waals surface area contributed by atoms with Crippen LogP contribution in [0.25, 0.3) is 0 Å². The highest BCUT2D eigenvalue weighted by Crippen LogP contribution is 2.29. The minimum absolute atomic E-state index is 0.0559. The van der Waals surface area contributed by atoms with Gasteiger partial charge in [0.1, 0.15) is 24.4 Å². The van der Waals surface area contributed by atoms with Crippen molar-refractivity contribution in [1.29, 1.82) is 0 Å². The number of unbranched alkanes of at least 4 members (excludes halogenated alkanes) is 2. The van der Waals surface area contributed by atoms with Crippen LogP contribution in [-0.4, -0.2) is 57.8 Å². The van der Waals surface area contributed by atoms with Crippen molar-refractivity contribution in [3.05, 3.63) is 65.2 Å². The molecular formula is C27H33N3O4. The smallest absolute Gasteiger partial charge is 0.246 e.